The first kappa shape index (κ1) is 12.5. The van der Waals surface area contributed by atoms with Gasteiger partial charge < -0.3 is 9.73 Å². The SMILES string of the molecule is CC(=O)CNc1cc2ocnc2nc1C(C)(C)C. The Morgan fingerprint density at radius 3 is 2.78 bits per heavy atom. The fourth-order valence-electron chi connectivity index (χ4n) is 1.72. The van der Waals surface area contributed by atoms with Crippen LogP contribution in [0.4, 0.5) is 5.69 Å². The molecule has 0 fully saturated rings. The van der Waals surface area contributed by atoms with Crippen LogP contribution >= 0.6 is 0 Å². The normalized spacial score (nSPS) is 11.8. The lowest BCUT2D eigenvalue weighted by molar-refractivity contribution is -0.115. The summed E-state index contributed by atoms with van der Waals surface area (Å²) in [5.41, 5.74) is 2.78. The van der Waals surface area contributed by atoms with Crippen molar-refractivity contribution in [3.05, 3.63) is 18.2 Å². The van der Waals surface area contributed by atoms with Crippen molar-refractivity contribution in [3.63, 3.8) is 0 Å². The Morgan fingerprint density at radius 2 is 2.17 bits per heavy atom. The molecule has 0 aliphatic carbocycles. The molecule has 2 rings (SSSR count). The van der Waals surface area contributed by atoms with E-state index in [0.717, 1.165) is 11.4 Å². The van der Waals surface area contributed by atoms with Gasteiger partial charge in [0.15, 0.2) is 17.6 Å². The molecule has 18 heavy (non-hydrogen) atoms. The van der Waals surface area contributed by atoms with Crippen molar-refractivity contribution < 1.29 is 9.21 Å². The first-order chi connectivity index (χ1) is 8.38. The number of fused-ring (bicyclic) bond motifs is 1. The summed E-state index contributed by atoms with van der Waals surface area (Å²) in [6.07, 6.45) is 1.37. The summed E-state index contributed by atoms with van der Waals surface area (Å²) in [5, 5.41) is 3.10. The van der Waals surface area contributed by atoms with Crippen molar-refractivity contribution in [2.45, 2.75) is 33.1 Å². The number of Topliss-reactive ketones (excluding diaryl/α,β-unsaturated/α-hetero) is 1. The molecule has 0 radical (unpaired) electrons. The molecule has 2 heterocycles. The van der Waals surface area contributed by atoms with Gasteiger partial charge in [-0.1, -0.05) is 20.8 Å². The maximum absolute atomic E-state index is 11.1. The molecule has 0 aliphatic rings. The van der Waals surface area contributed by atoms with E-state index < -0.39 is 0 Å². The number of aromatic nitrogens is 2. The van der Waals surface area contributed by atoms with Gasteiger partial charge in [-0.05, 0) is 6.92 Å². The van der Waals surface area contributed by atoms with Gasteiger partial charge in [0.05, 0.1) is 17.9 Å². The summed E-state index contributed by atoms with van der Waals surface area (Å²) in [4.78, 5) is 19.6. The van der Waals surface area contributed by atoms with E-state index in [1.54, 1.807) is 6.92 Å². The van der Waals surface area contributed by atoms with Crippen LogP contribution in [0.2, 0.25) is 0 Å². The number of carbonyl (C=O) groups excluding carboxylic acids is 1. The fraction of sp³-hybridized carbons (Fsp3) is 0.462. The van der Waals surface area contributed by atoms with E-state index in [-0.39, 0.29) is 17.7 Å². The standard InChI is InChI=1S/C13H17N3O2/c1-8(17)6-14-9-5-10-12(15-7-18-10)16-11(9)13(2,3)4/h5,7,14H,6H2,1-4H3. The van der Waals surface area contributed by atoms with Crippen LogP contribution in [0, 0.1) is 0 Å². The summed E-state index contributed by atoms with van der Waals surface area (Å²) in [6.45, 7) is 8.04. The Bertz CT molecular complexity index is 581. The first-order valence-electron chi connectivity index (χ1n) is 5.86. The summed E-state index contributed by atoms with van der Waals surface area (Å²) in [5.74, 6) is 0.0764. The van der Waals surface area contributed by atoms with Crippen molar-refractivity contribution in [3.8, 4) is 0 Å². The van der Waals surface area contributed by atoms with Gasteiger partial charge in [-0.15, -0.1) is 0 Å². The van der Waals surface area contributed by atoms with Crippen LogP contribution in [0.5, 0.6) is 0 Å². The van der Waals surface area contributed by atoms with E-state index in [1.165, 1.54) is 6.39 Å². The number of nitrogens with one attached hydrogen (secondary N) is 1. The number of nitrogens with zero attached hydrogens (tertiary/aromatic N) is 2. The maximum Gasteiger partial charge on any atom is 0.198 e. The lowest BCUT2D eigenvalue weighted by atomic mass is 9.90. The van der Waals surface area contributed by atoms with Gasteiger partial charge in [-0.25, -0.2) is 4.98 Å². The highest BCUT2D eigenvalue weighted by molar-refractivity contribution is 5.82. The third-order valence-corrected chi connectivity index (χ3v) is 2.56. The van der Waals surface area contributed by atoms with E-state index in [9.17, 15) is 4.79 Å². The monoisotopic (exact) mass is 247 g/mol. The minimum absolute atomic E-state index is 0.0764. The number of rotatable bonds is 3. The molecule has 0 aliphatic heterocycles. The van der Waals surface area contributed by atoms with Crippen LogP contribution in [0.25, 0.3) is 11.2 Å². The molecule has 0 amide bonds. The molecule has 0 atom stereocenters. The van der Waals surface area contributed by atoms with Crippen LogP contribution in [0.3, 0.4) is 0 Å². The largest absolute Gasteiger partial charge is 0.442 e. The summed E-state index contributed by atoms with van der Waals surface area (Å²) in [6, 6.07) is 1.85. The average Bonchev–Trinajstić information content (AvgIpc) is 2.70. The Labute approximate surface area is 106 Å². The second kappa shape index (κ2) is 4.40. The molecule has 0 unspecified atom stereocenters. The van der Waals surface area contributed by atoms with E-state index in [2.05, 4.69) is 36.1 Å². The zero-order valence-corrected chi connectivity index (χ0v) is 11.1. The lowest BCUT2D eigenvalue weighted by Gasteiger charge is -2.21. The second-order valence-corrected chi connectivity index (χ2v) is 5.36. The van der Waals surface area contributed by atoms with Crippen LogP contribution in [0.15, 0.2) is 16.9 Å². The molecule has 0 saturated heterocycles. The van der Waals surface area contributed by atoms with E-state index in [1.807, 2.05) is 6.07 Å². The molecular formula is C13H17N3O2. The molecule has 5 nitrogen and oxygen atoms in total. The molecule has 2 aromatic rings. The van der Waals surface area contributed by atoms with E-state index in [4.69, 9.17) is 4.42 Å². The number of hydrogen-bond donors (Lipinski definition) is 1. The molecule has 0 aromatic carbocycles. The zero-order chi connectivity index (χ0) is 13.3. The number of oxazole rings is 1. The lowest BCUT2D eigenvalue weighted by Crippen LogP contribution is -2.19. The van der Waals surface area contributed by atoms with Crippen molar-refractivity contribution in [2.75, 3.05) is 11.9 Å². The van der Waals surface area contributed by atoms with E-state index >= 15 is 0 Å². The molecule has 0 bridgehead atoms. The zero-order valence-electron chi connectivity index (χ0n) is 11.1. The highest BCUT2D eigenvalue weighted by Crippen LogP contribution is 2.30. The molecule has 0 saturated carbocycles. The molecule has 2 aromatic heterocycles. The van der Waals surface area contributed by atoms with Gasteiger partial charge >= 0.3 is 0 Å². The predicted molar refractivity (Wildman–Crippen MR) is 69.7 cm³/mol. The number of hydrogen-bond acceptors (Lipinski definition) is 5. The van der Waals surface area contributed by atoms with Crippen LogP contribution in [-0.2, 0) is 10.2 Å². The van der Waals surface area contributed by atoms with Crippen LogP contribution in [-0.4, -0.2) is 22.3 Å². The molecule has 5 heteroatoms. The summed E-state index contributed by atoms with van der Waals surface area (Å²) >= 11 is 0. The van der Waals surface area contributed by atoms with Gasteiger partial charge in [0.1, 0.15) is 5.78 Å². The second-order valence-electron chi connectivity index (χ2n) is 5.36. The van der Waals surface area contributed by atoms with Gasteiger partial charge in [-0.3, -0.25) is 4.79 Å². The summed E-state index contributed by atoms with van der Waals surface area (Å²) in [7, 11) is 0. The van der Waals surface area contributed by atoms with E-state index in [0.29, 0.717) is 11.2 Å². The number of anilines is 1. The third-order valence-electron chi connectivity index (χ3n) is 2.56. The predicted octanol–water partition coefficient (Wildman–Crippen LogP) is 2.52. The Kier molecular flexibility index (Phi) is 3.07. The third kappa shape index (κ3) is 2.50. The number of pyridine rings is 1. The average molecular weight is 247 g/mol. The molecule has 1 N–H and O–H groups in total. The molecule has 0 spiro atoms. The number of carbonyl (C=O) groups is 1. The van der Waals surface area contributed by atoms with Gasteiger partial charge in [0, 0.05) is 11.5 Å². The highest BCUT2D eigenvalue weighted by atomic mass is 16.3. The molecular weight excluding hydrogens is 230 g/mol. The Hall–Kier alpha value is -1.91. The fourth-order valence-corrected chi connectivity index (χ4v) is 1.72. The van der Waals surface area contributed by atoms with Gasteiger partial charge in [0.25, 0.3) is 0 Å². The number of ketones is 1. The van der Waals surface area contributed by atoms with Gasteiger partial charge in [-0.2, -0.15) is 4.98 Å². The van der Waals surface area contributed by atoms with Gasteiger partial charge in [0.2, 0.25) is 0 Å². The van der Waals surface area contributed by atoms with Crippen molar-refractivity contribution in [1.82, 2.24) is 9.97 Å². The maximum atomic E-state index is 11.1. The Balaban J connectivity index is 2.49. The minimum Gasteiger partial charge on any atom is -0.442 e. The van der Waals surface area contributed by atoms with Crippen molar-refractivity contribution >= 4 is 22.7 Å². The quantitative estimate of drug-likeness (QED) is 0.902. The van der Waals surface area contributed by atoms with Crippen molar-refractivity contribution in [2.24, 2.45) is 0 Å². The topological polar surface area (TPSA) is 68.0 Å². The molecule has 96 valence electrons. The smallest absolute Gasteiger partial charge is 0.198 e. The first-order valence-corrected chi connectivity index (χ1v) is 5.86. The Morgan fingerprint density at radius 1 is 1.44 bits per heavy atom. The summed E-state index contributed by atoms with van der Waals surface area (Å²) < 4.78 is 5.23. The highest BCUT2D eigenvalue weighted by Gasteiger charge is 2.22. The van der Waals surface area contributed by atoms with Crippen LogP contribution in [0.1, 0.15) is 33.4 Å². The minimum atomic E-state index is -0.133. The van der Waals surface area contributed by atoms with Crippen molar-refractivity contribution in [1.29, 1.82) is 0 Å². The van der Waals surface area contributed by atoms with Crippen LogP contribution < -0.4 is 5.32 Å².